The maximum absolute atomic E-state index is 13.4. The van der Waals surface area contributed by atoms with Crippen molar-refractivity contribution < 1.29 is 9.18 Å². The van der Waals surface area contributed by atoms with Crippen molar-refractivity contribution >= 4 is 28.9 Å². The molecule has 4 rings (SSSR count). The Labute approximate surface area is 176 Å². The summed E-state index contributed by atoms with van der Waals surface area (Å²) in [5, 5.41) is 9.80. The third-order valence-electron chi connectivity index (χ3n) is 4.94. The number of nitriles is 1. The van der Waals surface area contributed by atoms with E-state index in [2.05, 4.69) is 0 Å². The topological polar surface area (TPSA) is 66.1 Å². The average molecular weight is 419 g/mol. The van der Waals surface area contributed by atoms with Crippen molar-refractivity contribution in [2.45, 2.75) is 12.8 Å². The Morgan fingerprint density at radius 3 is 2.37 bits per heavy atom. The first-order valence-electron chi connectivity index (χ1n) is 9.57. The van der Waals surface area contributed by atoms with Gasteiger partial charge in [0.2, 0.25) is 0 Å². The molecule has 1 aliphatic heterocycles. The van der Waals surface area contributed by atoms with Gasteiger partial charge >= 0.3 is 0 Å². The second-order valence-corrected chi connectivity index (χ2v) is 7.96. The number of carbonyl (C=O) groups is 1. The third-order valence-corrected chi connectivity index (χ3v) is 6.03. The summed E-state index contributed by atoms with van der Waals surface area (Å²) >= 11 is 1.09. The van der Waals surface area contributed by atoms with Crippen LogP contribution in [0.25, 0.3) is 17.3 Å². The van der Waals surface area contributed by atoms with Gasteiger partial charge in [0.25, 0.3) is 11.5 Å². The van der Waals surface area contributed by atoms with Crippen molar-refractivity contribution in [3.8, 4) is 11.8 Å². The van der Waals surface area contributed by atoms with Crippen LogP contribution in [0.15, 0.2) is 59.4 Å². The number of benzene rings is 2. The first-order valence-corrected chi connectivity index (χ1v) is 10.4. The lowest BCUT2D eigenvalue weighted by Crippen LogP contribution is -2.35. The van der Waals surface area contributed by atoms with Crippen molar-refractivity contribution in [2.75, 3.05) is 13.1 Å². The van der Waals surface area contributed by atoms with Crippen molar-refractivity contribution in [3.63, 3.8) is 0 Å². The van der Waals surface area contributed by atoms with Gasteiger partial charge in [-0.3, -0.25) is 14.2 Å². The van der Waals surface area contributed by atoms with Crippen molar-refractivity contribution in [3.05, 3.63) is 85.5 Å². The normalized spacial score (nSPS) is 15.2. The van der Waals surface area contributed by atoms with Gasteiger partial charge in [-0.05, 0) is 48.7 Å². The van der Waals surface area contributed by atoms with Gasteiger partial charge in [-0.1, -0.05) is 30.3 Å². The minimum absolute atomic E-state index is 0.0731. The van der Waals surface area contributed by atoms with Crippen LogP contribution in [0.3, 0.4) is 0 Å². The van der Waals surface area contributed by atoms with Gasteiger partial charge in [-0.25, -0.2) is 4.39 Å². The van der Waals surface area contributed by atoms with E-state index in [9.17, 15) is 19.2 Å². The molecule has 2 heterocycles. The molecule has 3 aromatic rings. The molecule has 0 saturated carbocycles. The van der Waals surface area contributed by atoms with E-state index < -0.39 is 5.82 Å². The predicted octanol–water partition coefficient (Wildman–Crippen LogP) is 2.16. The molecule has 150 valence electrons. The maximum Gasteiger partial charge on any atom is 0.273 e. The second kappa shape index (κ2) is 8.47. The summed E-state index contributed by atoms with van der Waals surface area (Å²) in [5.41, 5.74) is 0.809. The van der Waals surface area contributed by atoms with E-state index in [1.165, 1.54) is 28.8 Å². The van der Waals surface area contributed by atoms with E-state index in [-0.39, 0.29) is 21.7 Å². The minimum Gasteiger partial charge on any atom is -0.338 e. The summed E-state index contributed by atoms with van der Waals surface area (Å²) < 4.78 is 15.4. The van der Waals surface area contributed by atoms with Gasteiger partial charge in [0.05, 0.1) is 10.2 Å². The molecule has 1 amide bonds. The fourth-order valence-corrected chi connectivity index (χ4v) is 4.54. The fraction of sp³-hybridized carbons (Fsp3) is 0.174. The van der Waals surface area contributed by atoms with Crippen LogP contribution in [0.4, 0.5) is 4.39 Å². The van der Waals surface area contributed by atoms with Crippen LogP contribution >= 0.6 is 11.3 Å². The maximum atomic E-state index is 13.4. The molecule has 0 N–H and O–H groups in total. The lowest BCUT2D eigenvalue weighted by atomic mass is 10.2. The summed E-state index contributed by atoms with van der Waals surface area (Å²) in [5.74, 6) is -0.810. The highest BCUT2D eigenvalue weighted by molar-refractivity contribution is 7.07. The Morgan fingerprint density at radius 2 is 1.73 bits per heavy atom. The monoisotopic (exact) mass is 419 g/mol. The second-order valence-electron chi connectivity index (χ2n) is 6.93. The summed E-state index contributed by atoms with van der Waals surface area (Å²) in [6.45, 7) is 1.19. The van der Waals surface area contributed by atoms with E-state index in [1.54, 1.807) is 11.0 Å². The number of amides is 1. The fourth-order valence-electron chi connectivity index (χ4n) is 3.44. The highest BCUT2D eigenvalue weighted by Gasteiger charge is 2.24. The predicted molar refractivity (Wildman–Crippen MR) is 114 cm³/mol. The molecule has 0 aliphatic carbocycles. The molecule has 2 aromatic carbocycles. The summed E-state index contributed by atoms with van der Waals surface area (Å²) in [6.07, 6.45) is 3.52. The minimum atomic E-state index is -0.433. The summed E-state index contributed by atoms with van der Waals surface area (Å²) in [7, 11) is 0. The highest BCUT2D eigenvalue weighted by atomic mass is 32.1. The van der Waals surface area contributed by atoms with E-state index >= 15 is 0 Å². The lowest BCUT2D eigenvalue weighted by molar-refractivity contribution is -0.123. The number of thiazole rings is 1. The molecule has 1 saturated heterocycles. The molecule has 1 fully saturated rings. The molecule has 5 nitrogen and oxygen atoms in total. The quantitative estimate of drug-likeness (QED) is 0.654. The van der Waals surface area contributed by atoms with Gasteiger partial charge in [-0.15, -0.1) is 11.3 Å². The van der Waals surface area contributed by atoms with Gasteiger partial charge in [0.15, 0.2) is 5.57 Å². The van der Waals surface area contributed by atoms with Crippen LogP contribution in [0.2, 0.25) is 0 Å². The van der Waals surface area contributed by atoms with Crippen LogP contribution < -0.4 is 14.8 Å². The van der Waals surface area contributed by atoms with Crippen LogP contribution in [0, 0.1) is 17.1 Å². The summed E-state index contributed by atoms with van der Waals surface area (Å²) in [4.78, 5) is 27.9. The molecule has 7 heteroatoms. The number of nitrogens with zero attached hydrogens (tertiary/aromatic N) is 3. The Balaban J connectivity index is 2.01. The van der Waals surface area contributed by atoms with Gasteiger partial charge < -0.3 is 4.90 Å². The smallest absolute Gasteiger partial charge is 0.273 e. The number of likely N-dealkylation sites (tertiary alicyclic amines) is 1. The number of rotatable bonds is 3. The number of hydrogen-bond acceptors (Lipinski definition) is 4. The number of aromatic nitrogens is 1. The largest absolute Gasteiger partial charge is 0.338 e. The molecule has 30 heavy (non-hydrogen) atoms. The molecular weight excluding hydrogens is 401 g/mol. The Kier molecular flexibility index (Phi) is 5.59. The Morgan fingerprint density at radius 1 is 1.07 bits per heavy atom. The molecule has 0 bridgehead atoms. The molecule has 1 aromatic heterocycles. The standard InChI is InChI=1S/C23H18FN3O2S/c24-17-8-10-18(11-9-17)27-22(29)20(14-16-6-2-1-3-7-16)30-23(27)19(15-25)21(28)26-12-4-5-13-26/h1-3,6-11,14H,4-5,12-13H2/b20-14+,23-19-. The van der Waals surface area contributed by atoms with Crippen molar-refractivity contribution in [1.82, 2.24) is 9.47 Å². The highest BCUT2D eigenvalue weighted by Crippen LogP contribution is 2.12. The molecule has 0 spiro atoms. The van der Waals surface area contributed by atoms with E-state index in [4.69, 9.17) is 0 Å². The first kappa shape index (κ1) is 19.8. The SMILES string of the molecule is N#C/C(C(=O)N1CCCC1)=c1/s/c(=C/c2ccccc2)c(=O)n1-c1ccc(F)cc1. The van der Waals surface area contributed by atoms with E-state index in [0.29, 0.717) is 23.3 Å². The number of carbonyl (C=O) groups excluding carboxylic acids is 1. The van der Waals surface area contributed by atoms with Crippen molar-refractivity contribution in [2.24, 2.45) is 0 Å². The van der Waals surface area contributed by atoms with Crippen molar-refractivity contribution in [1.29, 1.82) is 5.26 Å². The van der Waals surface area contributed by atoms with Crippen LogP contribution in [0.5, 0.6) is 0 Å². The molecule has 0 unspecified atom stereocenters. The number of halogens is 1. The summed E-state index contributed by atoms with van der Waals surface area (Å²) in [6, 6.07) is 16.8. The number of hydrogen-bond donors (Lipinski definition) is 0. The Hall–Kier alpha value is -3.50. The van der Waals surface area contributed by atoms with Gasteiger partial charge in [0.1, 0.15) is 16.5 Å². The average Bonchev–Trinajstić information content (AvgIpc) is 3.40. The van der Waals surface area contributed by atoms with Gasteiger partial charge in [-0.2, -0.15) is 5.26 Å². The first-order chi connectivity index (χ1) is 14.6. The molecule has 1 aliphatic rings. The molecule has 0 radical (unpaired) electrons. The zero-order valence-electron chi connectivity index (χ0n) is 16.0. The van der Waals surface area contributed by atoms with E-state index in [1.807, 2.05) is 36.4 Å². The zero-order chi connectivity index (χ0) is 21.1. The van der Waals surface area contributed by atoms with Crippen LogP contribution in [-0.2, 0) is 4.79 Å². The molecular formula is C23H18FN3O2S. The Bertz CT molecular complexity index is 1300. The van der Waals surface area contributed by atoms with Crippen LogP contribution in [0.1, 0.15) is 18.4 Å². The van der Waals surface area contributed by atoms with Crippen LogP contribution in [-0.4, -0.2) is 28.5 Å². The third kappa shape index (κ3) is 3.82. The van der Waals surface area contributed by atoms with Gasteiger partial charge in [0, 0.05) is 13.1 Å². The zero-order valence-corrected chi connectivity index (χ0v) is 16.9. The molecule has 0 atom stereocenters. The lowest BCUT2D eigenvalue weighted by Gasteiger charge is -2.14. The van der Waals surface area contributed by atoms with E-state index in [0.717, 1.165) is 29.7 Å².